The van der Waals surface area contributed by atoms with Gasteiger partial charge in [-0.3, -0.25) is 4.79 Å². The zero-order chi connectivity index (χ0) is 17.1. The zero-order valence-corrected chi connectivity index (χ0v) is 13.9. The van der Waals surface area contributed by atoms with E-state index in [4.69, 9.17) is 9.15 Å². The maximum Gasteiger partial charge on any atom is 0.331 e. The summed E-state index contributed by atoms with van der Waals surface area (Å²) in [5, 5.41) is 0. The number of hydrogen-bond donors (Lipinski definition) is 0. The number of rotatable bonds is 5. The molecule has 1 aliphatic rings. The molecule has 0 saturated carbocycles. The van der Waals surface area contributed by atoms with E-state index in [0.29, 0.717) is 11.3 Å². The maximum absolute atomic E-state index is 12.4. The molecule has 1 aromatic heterocycles. The average Bonchev–Trinajstić information content (AvgIpc) is 3.19. The number of hydrogen-bond acceptors (Lipinski definition) is 4. The zero-order valence-electron chi connectivity index (χ0n) is 13.9. The molecule has 0 bridgehead atoms. The molecule has 0 amide bonds. The molecule has 2 aromatic rings. The van der Waals surface area contributed by atoms with E-state index in [-0.39, 0.29) is 5.78 Å². The minimum atomic E-state index is -0.819. The van der Waals surface area contributed by atoms with Crippen LogP contribution in [0.2, 0.25) is 0 Å². The number of fused-ring (bicyclic) bond motifs is 1. The average molecular weight is 324 g/mol. The Kier molecular flexibility index (Phi) is 4.65. The quantitative estimate of drug-likeness (QED) is 0.475. The Morgan fingerprint density at radius 1 is 1.17 bits per heavy atom. The van der Waals surface area contributed by atoms with Crippen LogP contribution in [-0.4, -0.2) is 17.9 Å². The van der Waals surface area contributed by atoms with Gasteiger partial charge in [0.25, 0.3) is 0 Å². The molecule has 3 rings (SSSR count). The lowest BCUT2D eigenvalue weighted by atomic mass is 10.0. The highest BCUT2D eigenvalue weighted by molar-refractivity contribution is 6.01. The summed E-state index contributed by atoms with van der Waals surface area (Å²) < 4.78 is 10.5. The van der Waals surface area contributed by atoms with E-state index < -0.39 is 12.1 Å². The molecule has 1 atom stereocenters. The number of aryl methyl sites for hydroxylation is 3. The number of ketones is 1. The first-order valence-electron chi connectivity index (χ1n) is 8.14. The van der Waals surface area contributed by atoms with Crippen molar-refractivity contribution in [3.05, 3.63) is 64.6 Å². The van der Waals surface area contributed by atoms with Gasteiger partial charge in [0.2, 0.25) is 5.78 Å². The van der Waals surface area contributed by atoms with Gasteiger partial charge in [-0.15, -0.1) is 0 Å². The first-order valence-corrected chi connectivity index (χ1v) is 8.14. The van der Waals surface area contributed by atoms with Gasteiger partial charge in [-0.1, -0.05) is 12.1 Å². The van der Waals surface area contributed by atoms with Gasteiger partial charge >= 0.3 is 5.97 Å². The summed E-state index contributed by atoms with van der Waals surface area (Å²) in [6.45, 7) is 3.42. The summed E-state index contributed by atoms with van der Waals surface area (Å²) in [6, 6.07) is 9.32. The molecule has 0 radical (unpaired) electrons. The SMILES string of the molecule is Cc1ccc(/C=C/C(=O)O[C@H](C)C(=O)c2ccc3c(c2)CCC3)o1. The van der Waals surface area contributed by atoms with Gasteiger partial charge in [0, 0.05) is 11.6 Å². The molecule has 0 aliphatic heterocycles. The maximum atomic E-state index is 12.4. The molecule has 4 nitrogen and oxygen atoms in total. The molecule has 1 aromatic carbocycles. The van der Waals surface area contributed by atoms with Crippen molar-refractivity contribution >= 4 is 17.8 Å². The molecular weight excluding hydrogens is 304 g/mol. The number of carbonyl (C=O) groups excluding carboxylic acids is 2. The van der Waals surface area contributed by atoms with Crippen molar-refractivity contribution in [2.75, 3.05) is 0 Å². The first kappa shape index (κ1) is 16.2. The van der Waals surface area contributed by atoms with Crippen molar-refractivity contribution in [3.63, 3.8) is 0 Å². The lowest BCUT2D eigenvalue weighted by molar-refractivity contribution is -0.140. The molecule has 0 N–H and O–H groups in total. The second kappa shape index (κ2) is 6.87. The Labute approximate surface area is 141 Å². The van der Waals surface area contributed by atoms with Crippen molar-refractivity contribution in [2.24, 2.45) is 0 Å². The molecule has 4 heteroatoms. The Bertz CT molecular complexity index is 798. The van der Waals surface area contributed by atoms with Crippen LogP contribution in [0, 0.1) is 6.92 Å². The number of furan rings is 1. The van der Waals surface area contributed by atoms with Crippen molar-refractivity contribution in [1.82, 2.24) is 0 Å². The number of benzene rings is 1. The molecule has 1 heterocycles. The number of ether oxygens (including phenoxy) is 1. The van der Waals surface area contributed by atoms with Crippen molar-refractivity contribution < 1.29 is 18.7 Å². The van der Waals surface area contributed by atoms with Crippen LogP contribution >= 0.6 is 0 Å². The normalized spacial score (nSPS) is 14.6. The van der Waals surface area contributed by atoms with E-state index in [9.17, 15) is 9.59 Å². The second-order valence-corrected chi connectivity index (χ2v) is 6.06. The Morgan fingerprint density at radius 2 is 1.96 bits per heavy atom. The van der Waals surface area contributed by atoms with Crippen LogP contribution in [0.15, 0.2) is 40.8 Å². The number of Topliss-reactive ketones (excluding diaryl/α,β-unsaturated/α-hetero) is 1. The first-order chi connectivity index (χ1) is 11.5. The third-order valence-electron chi connectivity index (χ3n) is 4.19. The third-order valence-corrected chi connectivity index (χ3v) is 4.19. The van der Waals surface area contributed by atoms with Crippen LogP contribution in [0.25, 0.3) is 6.08 Å². The fourth-order valence-corrected chi connectivity index (χ4v) is 2.92. The van der Waals surface area contributed by atoms with E-state index in [1.165, 1.54) is 23.3 Å². The van der Waals surface area contributed by atoms with E-state index in [2.05, 4.69) is 0 Å². The van der Waals surface area contributed by atoms with Gasteiger partial charge < -0.3 is 9.15 Å². The summed E-state index contributed by atoms with van der Waals surface area (Å²) in [5.74, 6) is 0.594. The van der Waals surface area contributed by atoms with Crippen LogP contribution in [0.1, 0.15) is 46.3 Å². The van der Waals surface area contributed by atoms with Crippen molar-refractivity contribution in [1.29, 1.82) is 0 Å². The highest BCUT2D eigenvalue weighted by atomic mass is 16.5. The molecule has 0 spiro atoms. The van der Waals surface area contributed by atoms with E-state index in [0.717, 1.165) is 25.0 Å². The number of esters is 1. The van der Waals surface area contributed by atoms with Crippen molar-refractivity contribution in [3.8, 4) is 0 Å². The molecule has 24 heavy (non-hydrogen) atoms. The van der Waals surface area contributed by atoms with E-state index in [1.807, 2.05) is 31.2 Å². The van der Waals surface area contributed by atoms with Gasteiger partial charge in [-0.05, 0) is 68.5 Å². The van der Waals surface area contributed by atoms with Gasteiger partial charge in [-0.2, -0.15) is 0 Å². The van der Waals surface area contributed by atoms with Crippen LogP contribution < -0.4 is 0 Å². The molecular formula is C20H20O4. The minimum Gasteiger partial charge on any atom is -0.462 e. The monoisotopic (exact) mass is 324 g/mol. The predicted octanol–water partition coefficient (Wildman–Crippen LogP) is 3.90. The fourth-order valence-electron chi connectivity index (χ4n) is 2.92. The second-order valence-electron chi connectivity index (χ2n) is 6.06. The Balaban J connectivity index is 1.61. The lowest BCUT2D eigenvalue weighted by Crippen LogP contribution is -2.23. The summed E-state index contributed by atoms with van der Waals surface area (Å²) in [6.07, 6.45) is 5.20. The molecule has 0 unspecified atom stereocenters. The topological polar surface area (TPSA) is 56.5 Å². The third kappa shape index (κ3) is 3.65. The smallest absolute Gasteiger partial charge is 0.331 e. The Hall–Kier alpha value is -2.62. The van der Waals surface area contributed by atoms with Gasteiger partial charge in [0.15, 0.2) is 6.10 Å². The van der Waals surface area contributed by atoms with Crippen molar-refractivity contribution in [2.45, 2.75) is 39.2 Å². The van der Waals surface area contributed by atoms with Crippen LogP contribution in [0.4, 0.5) is 0 Å². The van der Waals surface area contributed by atoms with Gasteiger partial charge in [0.05, 0.1) is 0 Å². The van der Waals surface area contributed by atoms with E-state index in [1.54, 1.807) is 13.0 Å². The molecule has 1 aliphatic carbocycles. The van der Waals surface area contributed by atoms with Crippen LogP contribution in [0.3, 0.4) is 0 Å². The van der Waals surface area contributed by atoms with Crippen LogP contribution in [0.5, 0.6) is 0 Å². The number of carbonyl (C=O) groups is 2. The van der Waals surface area contributed by atoms with Gasteiger partial charge in [0.1, 0.15) is 11.5 Å². The predicted molar refractivity (Wildman–Crippen MR) is 90.8 cm³/mol. The Morgan fingerprint density at radius 3 is 2.71 bits per heavy atom. The standard InChI is InChI=1S/C20H20O4/c1-13-6-9-18(23-13)10-11-19(21)24-14(2)20(22)17-8-7-15-4-3-5-16(15)12-17/h6-12,14H,3-5H2,1-2H3/b11-10+/t14-/m1/s1. The van der Waals surface area contributed by atoms with Crippen LogP contribution in [-0.2, 0) is 22.4 Å². The fraction of sp³-hybridized carbons (Fsp3) is 0.300. The van der Waals surface area contributed by atoms with E-state index >= 15 is 0 Å². The summed E-state index contributed by atoms with van der Waals surface area (Å²) in [4.78, 5) is 24.3. The highest BCUT2D eigenvalue weighted by Gasteiger charge is 2.20. The van der Waals surface area contributed by atoms with Gasteiger partial charge in [-0.25, -0.2) is 4.79 Å². The summed E-state index contributed by atoms with van der Waals surface area (Å²) in [5.41, 5.74) is 3.14. The lowest BCUT2D eigenvalue weighted by Gasteiger charge is -2.11. The molecule has 124 valence electrons. The molecule has 0 fully saturated rings. The summed E-state index contributed by atoms with van der Waals surface area (Å²) >= 11 is 0. The molecule has 0 saturated heterocycles. The summed E-state index contributed by atoms with van der Waals surface area (Å²) in [7, 11) is 0. The minimum absolute atomic E-state index is 0.180. The largest absolute Gasteiger partial charge is 0.462 e. The highest BCUT2D eigenvalue weighted by Crippen LogP contribution is 2.23.